The van der Waals surface area contributed by atoms with Gasteiger partial charge in [-0.2, -0.15) is 0 Å². The Morgan fingerprint density at radius 2 is 2.50 bits per heavy atom. The van der Waals surface area contributed by atoms with Crippen LogP contribution in [0.3, 0.4) is 0 Å². The van der Waals surface area contributed by atoms with Gasteiger partial charge in [0.1, 0.15) is 0 Å². The molecule has 1 saturated carbocycles. The van der Waals surface area contributed by atoms with Gasteiger partial charge in [-0.15, -0.1) is 11.3 Å². The van der Waals surface area contributed by atoms with Gasteiger partial charge in [0.25, 0.3) is 0 Å². The Hall–Kier alpha value is -0.450. The van der Waals surface area contributed by atoms with E-state index in [4.69, 9.17) is 0 Å². The number of aromatic nitrogens is 1. The number of rotatable bonds is 6. The summed E-state index contributed by atoms with van der Waals surface area (Å²) in [4.78, 5) is 5.36. The third kappa shape index (κ3) is 3.36. The van der Waals surface area contributed by atoms with Crippen molar-refractivity contribution in [3.05, 3.63) is 16.6 Å². The van der Waals surface area contributed by atoms with Crippen molar-refractivity contribution in [1.29, 1.82) is 0 Å². The molecule has 2 N–H and O–H groups in total. The first-order chi connectivity index (χ1) is 6.84. The summed E-state index contributed by atoms with van der Waals surface area (Å²) in [6.07, 6.45) is 4.65. The molecular formula is C10H17N3S. The van der Waals surface area contributed by atoms with Crippen LogP contribution >= 0.6 is 11.3 Å². The Bertz CT molecular complexity index is 256. The molecule has 0 amide bonds. The van der Waals surface area contributed by atoms with E-state index < -0.39 is 0 Å². The second kappa shape index (κ2) is 4.87. The summed E-state index contributed by atoms with van der Waals surface area (Å²) in [6.45, 7) is 4.23. The van der Waals surface area contributed by atoms with E-state index in [0.29, 0.717) is 6.04 Å². The average Bonchev–Trinajstić information content (AvgIpc) is 2.87. The minimum atomic E-state index is 0.540. The van der Waals surface area contributed by atoms with Gasteiger partial charge in [0.05, 0.1) is 5.51 Å². The zero-order valence-corrected chi connectivity index (χ0v) is 9.31. The van der Waals surface area contributed by atoms with Crippen LogP contribution in [0.1, 0.15) is 24.6 Å². The van der Waals surface area contributed by atoms with Gasteiger partial charge in [-0.05, 0) is 19.8 Å². The summed E-state index contributed by atoms with van der Waals surface area (Å²) in [6, 6.07) is 1.35. The lowest BCUT2D eigenvalue weighted by atomic mass is 10.3. The van der Waals surface area contributed by atoms with Crippen LogP contribution in [0, 0.1) is 0 Å². The van der Waals surface area contributed by atoms with E-state index in [-0.39, 0.29) is 0 Å². The Balaban J connectivity index is 1.59. The summed E-state index contributed by atoms with van der Waals surface area (Å²) in [5.74, 6) is 0. The van der Waals surface area contributed by atoms with E-state index in [1.807, 2.05) is 11.7 Å². The van der Waals surface area contributed by atoms with Crippen LogP contribution in [0.5, 0.6) is 0 Å². The summed E-state index contributed by atoms with van der Waals surface area (Å²) < 4.78 is 0. The minimum Gasteiger partial charge on any atom is -0.312 e. The molecular weight excluding hydrogens is 194 g/mol. The fraction of sp³-hybridized carbons (Fsp3) is 0.700. The normalized spacial score (nSPS) is 18.4. The molecule has 1 heterocycles. The van der Waals surface area contributed by atoms with Crippen molar-refractivity contribution in [1.82, 2.24) is 15.6 Å². The van der Waals surface area contributed by atoms with Gasteiger partial charge in [-0.25, -0.2) is 0 Å². The molecule has 0 bridgehead atoms. The van der Waals surface area contributed by atoms with E-state index in [9.17, 15) is 0 Å². The van der Waals surface area contributed by atoms with E-state index in [1.165, 1.54) is 17.7 Å². The molecule has 14 heavy (non-hydrogen) atoms. The first-order valence-corrected chi connectivity index (χ1v) is 6.06. The molecule has 1 aliphatic carbocycles. The van der Waals surface area contributed by atoms with Crippen molar-refractivity contribution < 1.29 is 0 Å². The van der Waals surface area contributed by atoms with Crippen LogP contribution < -0.4 is 10.6 Å². The first kappa shape index (κ1) is 10.1. The Morgan fingerprint density at radius 1 is 1.64 bits per heavy atom. The number of thiazole rings is 1. The fourth-order valence-electron chi connectivity index (χ4n) is 1.31. The maximum atomic E-state index is 4.05. The lowest BCUT2D eigenvalue weighted by Gasteiger charge is -2.13. The van der Waals surface area contributed by atoms with Gasteiger partial charge >= 0.3 is 0 Å². The molecule has 78 valence electrons. The number of hydrogen-bond donors (Lipinski definition) is 2. The van der Waals surface area contributed by atoms with Crippen LogP contribution in [0.25, 0.3) is 0 Å². The highest BCUT2D eigenvalue weighted by Gasteiger charge is 2.20. The summed E-state index contributed by atoms with van der Waals surface area (Å²) in [5.41, 5.74) is 1.88. The standard InChI is InChI=1S/C10H17N3S/c1-8(4-13-9-2-3-9)12-6-10-5-11-7-14-10/h5,7-9,12-13H,2-4,6H2,1H3. The minimum absolute atomic E-state index is 0.540. The molecule has 1 atom stereocenters. The average molecular weight is 211 g/mol. The molecule has 0 aromatic carbocycles. The zero-order chi connectivity index (χ0) is 9.80. The van der Waals surface area contributed by atoms with E-state index >= 15 is 0 Å². The van der Waals surface area contributed by atoms with Gasteiger partial charge in [-0.3, -0.25) is 4.98 Å². The van der Waals surface area contributed by atoms with Crippen LogP contribution in [-0.4, -0.2) is 23.6 Å². The second-order valence-electron chi connectivity index (χ2n) is 3.93. The SMILES string of the molecule is CC(CNC1CC1)NCc1cncs1. The van der Waals surface area contributed by atoms with Crippen LogP contribution in [-0.2, 0) is 6.54 Å². The van der Waals surface area contributed by atoms with Crippen molar-refractivity contribution in [2.24, 2.45) is 0 Å². The molecule has 1 aromatic heterocycles. The van der Waals surface area contributed by atoms with Crippen molar-refractivity contribution >= 4 is 11.3 Å². The lowest BCUT2D eigenvalue weighted by Crippen LogP contribution is -2.36. The molecule has 1 aliphatic rings. The van der Waals surface area contributed by atoms with Gasteiger partial charge < -0.3 is 10.6 Å². The van der Waals surface area contributed by atoms with Gasteiger partial charge in [0.15, 0.2) is 0 Å². The molecule has 1 unspecified atom stereocenters. The third-order valence-electron chi connectivity index (χ3n) is 2.40. The summed E-state index contributed by atoms with van der Waals surface area (Å²) in [7, 11) is 0. The lowest BCUT2D eigenvalue weighted by molar-refractivity contribution is 0.502. The van der Waals surface area contributed by atoms with Crippen molar-refractivity contribution in [3.8, 4) is 0 Å². The quantitative estimate of drug-likeness (QED) is 0.746. The molecule has 3 nitrogen and oxygen atoms in total. The number of nitrogens with zero attached hydrogens (tertiary/aromatic N) is 1. The molecule has 0 saturated heterocycles. The van der Waals surface area contributed by atoms with Crippen LogP contribution in [0.15, 0.2) is 11.7 Å². The highest BCUT2D eigenvalue weighted by molar-refractivity contribution is 7.09. The maximum Gasteiger partial charge on any atom is 0.0794 e. The molecule has 1 aromatic rings. The van der Waals surface area contributed by atoms with E-state index in [2.05, 4.69) is 22.5 Å². The molecule has 0 spiro atoms. The van der Waals surface area contributed by atoms with Crippen molar-refractivity contribution in [3.63, 3.8) is 0 Å². The monoisotopic (exact) mass is 211 g/mol. The Labute approximate surface area is 88.9 Å². The molecule has 0 radical (unpaired) electrons. The predicted molar refractivity (Wildman–Crippen MR) is 59.4 cm³/mol. The predicted octanol–water partition coefficient (Wildman–Crippen LogP) is 1.37. The maximum absolute atomic E-state index is 4.05. The summed E-state index contributed by atoms with van der Waals surface area (Å²) >= 11 is 1.71. The topological polar surface area (TPSA) is 37.0 Å². The third-order valence-corrected chi connectivity index (χ3v) is 3.18. The Morgan fingerprint density at radius 3 is 3.14 bits per heavy atom. The van der Waals surface area contributed by atoms with Crippen LogP contribution in [0.4, 0.5) is 0 Å². The Kier molecular flexibility index (Phi) is 3.50. The second-order valence-corrected chi connectivity index (χ2v) is 4.90. The van der Waals surface area contributed by atoms with E-state index in [1.54, 1.807) is 11.3 Å². The summed E-state index contributed by atoms with van der Waals surface area (Å²) in [5, 5.41) is 6.99. The fourth-order valence-corrected chi connectivity index (χ4v) is 1.85. The first-order valence-electron chi connectivity index (χ1n) is 5.19. The largest absolute Gasteiger partial charge is 0.312 e. The van der Waals surface area contributed by atoms with Crippen LogP contribution in [0.2, 0.25) is 0 Å². The number of hydrogen-bond acceptors (Lipinski definition) is 4. The highest BCUT2D eigenvalue weighted by atomic mass is 32.1. The van der Waals surface area contributed by atoms with Gasteiger partial charge in [-0.1, -0.05) is 0 Å². The van der Waals surface area contributed by atoms with Crippen molar-refractivity contribution in [2.75, 3.05) is 6.54 Å². The highest BCUT2D eigenvalue weighted by Crippen LogP contribution is 2.18. The van der Waals surface area contributed by atoms with Crippen molar-refractivity contribution in [2.45, 2.75) is 38.4 Å². The molecule has 1 fully saturated rings. The zero-order valence-electron chi connectivity index (χ0n) is 8.49. The smallest absolute Gasteiger partial charge is 0.0794 e. The number of nitrogens with one attached hydrogen (secondary N) is 2. The molecule has 0 aliphatic heterocycles. The molecule has 4 heteroatoms. The molecule has 2 rings (SSSR count). The van der Waals surface area contributed by atoms with Gasteiger partial charge in [0, 0.05) is 36.2 Å². The van der Waals surface area contributed by atoms with E-state index in [0.717, 1.165) is 19.1 Å². The van der Waals surface area contributed by atoms with Gasteiger partial charge in [0.2, 0.25) is 0 Å².